The van der Waals surface area contributed by atoms with Crippen LogP contribution in [0.25, 0.3) is 0 Å². The Morgan fingerprint density at radius 2 is 1.41 bits per heavy atom. The molecule has 37 heavy (non-hydrogen) atoms. The van der Waals surface area contributed by atoms with Gasteiger partial charge in [0.2, 0.25) is 5.91 Å². The second-order valence-corrected chi connectivity index (χ2v) is 8.99. The Hall–Kier alpha value is -3.99. The Balaban J connectivity index is 1.30. The number of benzene rings is 2. The molecule has 3 aromatic rings. The second-order valence-electron chi connectivity index (χ2n) is 8.03. The summed E-state index contributed by atoms with van der Waals surface area (Å²) >= 11 is 1.06. The zero-order valence-corrected chi connectivity index (χ0v) is 21.1. The van der Waals surface area contributed by atoms with E-state index in [2.05, 4.69) is 25.8 Å². The largest absolute Gasteiger partial charge is 0.456 e. The minimum absolute atomic E-state index is 0.0156. The van der Waals surface area contributed by atoms with Crippen molar-refractivity contribution >= 4 is 29.5 Å². The number of nitrogens with zero attached hydrogens (tertiary/aromatic N) is 2. The van der Waals surface area contributed by atoms with E-state index in [-0.39, 0.29) is 35.4 Å². The normalized spacial score (nSPS) is 10.5. The van der Waals surface area contributed by atoms with Crippen LogP contribution in [0.4, 0.5) is 0 Å². The zero-order valence-electron chi connectivity index (χ0n) is 20.3. The predicted molar refractivity (Wildman–Crippen MR) is 139 cm³/mol. The monoisotopic (exact) mass is 523 g/mol. The van der Waals surface area contributed by atoms with Gasteiger partial charge in [-0.1, -0.05) is 72.4 Å². The van der Waals surface area contributed by atoms with Gasteiger partial charge in [-0.15, -0.1) is 10.2 Å². The van der Waals surface area contributed by atoms with Crippen molar-refractivity contribution in [3.8, 4) is 0 Å². The number of aromatic amines is 1. The van der Waals surface area contributed by atoms with E-state index in [0.717, 1.165) is 29.3 Å². The number of rotatable bonds is 14. The number of nitrogens with one attached hydrogen (secondary N) is 3. The van der Waals surface area contributed by atoms with Crippen LogP contribution < -0.4 is 16.2 Å². The summed E-state index contributed by atoms with van der Waals surface area (Å²) in [5.74, 6) is -1.12. The molecule has 2 aromatic carbocycles. The molecule has 1 heterocycles. The van der Waals surface area contributed by atoms with Crippen LogP contribution in [0.5, 0.6) is 0 Å². The quantitative estimate of drug-likeness (QED) is 0.213. The first kappa shape index (κ1) is 27.6. The van der Waals surface area contributed by atoms with Gasteiger partial charge in [-0.25, -0.2) is 0 Å². The highest BCUT2D eigenvalue weighted by molar-refractivity contribution is 7.99. The maximum Gasteiger partial charge on any atom is 0.306 e. The van der Waals surface area contributed by atoms with Crippen molar-refractivity contribution in [2.45, 2.75) is 30.8 Å². The number of H-pyrrole nitrogens is 1. The standard InChI is InChI=1S/C26H29N5O5S/c32-22(27-15-13-19-7-3-1-4-8-19)17-36-24(34)12-11-21-25(35)29-26(31-30-21)37-18-23(33)28-16-14-20-9-5-2-6-10-20/h1-10H,11-18H2,(H,27,32)(H,28,33)(H,29,31,35). The summed E-state index contributed by atoms with van der Waals surface area (Å²) in [7, 11) is 0. The van der Waals surface area contributed by atoms with Crippen molar-refractivity contribution in [1.29, 1.82) is 0 Å². The van der Waals surface area contributed by atoms with Crippen LogP contribution >= 0.6 is 11.8 Å². The number of ether oxygens (including phenoxy) is 1. The van der Waals surface area contributed by atoms with Crippen molar-refractivity contribution in [3.05, 3.63) is 87.8 Å². The van der Waals surface area contributed by atoms with Crippen LogP contribution in [0, 0.1) is 0 Å². The third-order valence-corrected chi connectivity index (χ3v) is 6.04. The Morgan fingerprint density at radius 1 is 0.811 bits per heavy atom. The van der Waals surface area contributed by atoms with E-state index in [1.807, 2.05) is 60.7 Å². The maximum absolute atomic E-state index is 12.2. The van der Waals surface area contributed by atoms with E-state index < -0.39 is 24.0 Å². The lowest BCUT2D eigenvalue weighted by atomic mass is 10.1. The summed E-state index contributed by atoms with van der Waals surface area (Å²) in [5.41, 5.74) is 1.80. The molecule has 1 aromatic heterocycles. The number of carbonyl (C=O) groups is 3. The molecule has 0 aliphatic rings. The average molecular weight is 524 g/mol. The molecule has 0 aliphatic heterocycles. The lowest BCUT2D eigenvalue weighted by molar-refractivity contribution is -0.148. The van der Waals surface area contributed by atoms with E-state index in [0.29, 0.717) is 19.5 Å². The highest BCUT2D eigenvalue weighted by atomic mass is 32.2. The third kappa shape index (κ3) is 10.7. The molecule has 10 nitrogen and oxygen atoms in total. The lowest BCUT2D eigenvalue weighted by Crippen LogP contribution is -2.30. The van der Waals surface area contributed by atoms with Crippen molar-refractivity contribution in [3.63, 3.8) is 0 Å². The smallest absolute Gasteiger partial charge is 0.306 e. The molecule has 0 saturated heterocycles. The van der Waals surface area contributed by atoms with E-state index in [1.165, 1.54) is 0 Å². The molecule has 0 radical (unpaired) electrons. The molecular weight excluding hydrogens is 494 g/mol. The van der Waals surface area contributed by atoms with E-state index in [9.17, 15) is 19.2 Å². The molecule has 3 rings (SSSR count). The van der Waals surface area contributed by atoms with Gasteiger partial charge >= 0.3 is 5.97 Å². The summed E-state index contributed by atoms with van der Waals surface area (Å²) in [6, 6.07) is 19.5. The van der Waals surface area contributed by atoms with E-state index in [1.54, 1.807) is 0 Å². The first-order valence-electron chi connectivity index (χ1n) is 11.8. The van der Waals surface area contributed by atoms with Crippen LogP contribution in [0.3, 0.4) is 0 Å². The molecule has 2 amide bonds. The fourth-order valence-electron chi connectivity index (χ4n) is 3.23. The van der Waals surface area contributed by atoms with E-state index >= 15 is 0 Å². The van der Waals surface area contributed by atoms with Crippen LogP contribution in [-0.4, -0.2) is 58.4 Å². The van der Waals surface area contributed by atoms with Crippen molar-refractivity contribution in [2.75, 3.05) is 25.4 Å². The molecule has 11 heteroatoms. The topological polar surface area (TPSA) is 143 Å². The highest BCUT2D eigenvalue weighted by Crippen LogP contribution is 2.09. The Bertz CT molecular complexity index is 1220. The molecular formula is C26H29N5O5S. The molecule has 0 spiro atoms. The number of aryl methyl sites for hydroxylation is 1. The summed E-state index contributed by atoms with van der Waals surface area (Å²) in [5, 5.41) is 13.5. The average Bonchev–Trinajstić information content (AvgIpc) is 2.91. The van der Waals surface area contributed by atoms with Crippen LogP contribution in [0.1, 0.15) is 23.2 Å². The Kier molecular flexibility index (Phi) is 11.3. The summed E-state index contributed by atoms with van der Waals surface area (Å²) in [6.07, 6.45) is 1.30. The number of esters is 1. The molecule has 194 valence electrons. The summed E-state index contributed by atoms with van der Waals surface area (Å²) < 4.78 is 4.96. The first-order chi connectivity index (χ1) is 18.0. The first-order valence-corrected chi connectivity index (χ1v) is 12.8. The molecule has 0 fully saturated rings. The van der Waals surface area contributed by atoms with Gasteiger partial charge in [0.25, 0.3) is 11.5 Å². The Labute approximate surface area is 218 Å². The minimum Gasteiger partial charge on any atom is -0.456 e. The number of thioether (sulfide) groups is 1. The molecule has 0 aliphatic carbocycles. The molecule has 0 unspecified atom stereocenters. The predicted octanol–water partition coefficient (Wildman–Crippen LogP) is 1.45. The third-order valence-electron chi connectivity index (χ3n) is 5.17. The SMILES string of the molecule is O=C(COC(=O)CCc1nnc(SCC(=O)NCCc2ccccc2)[nH]c1=O)NCCc1ccccc1. The van der Waals surface area contributed by atoms with Crippen molar-refractivity contribution in [1.82, 2.24) is 25.8 Å². The highest BCUT2D eigenvalue weighted by Gasteiger charge is 2.12. The van der Waals surface area contributed by atoms with E-state index in [4.69, 9.17) is 4.74 Å². The van der Waals surface area contributed by atoms with Gasteiger partial charge in [0.05, 0.1) is 12.2 Å². The van der Waals surface area contributed by atoms with Crippen LogP contribution in [-0.2, 0) is 38.4 Å². The van der Waals surface area contributed by atoms with Crippen molar-refractivity contribution < 1.29 is 19.1 Å². The summed E-state index contributed by atoms with van der Waals surface area (Å²) in [6.45, 7) is 0.555. The van der Waals surface area contributed by atoms with Gasteiger partial charge in [-0.2, -0.15) is 0 Å². The van der Waals surface area contributed by atoms with Crippen LogP contribution in [0.2, 0.25) is 0 Å². The van der Waals surface area contributed by atoms with Gasteiger partial charge in [0.15, 0.2) is 11.8 Å². The number of amides is 2. The van der Waals surface area contributed by atoms with Crippen molar-refractivity contribution in [2.24, 2.45) is 0 Å². The fourth-order valence-corrected chi connectivity index (χ4v) is 3.86. The Morgan fingerprint density at radius 3 is 2.00 bits per heavy atom. The van der Waals surface area contributed by atoms with Crippen LogP contribution in [0.15, 0.2) is 70.6 Å². The molecule has 3 N–H and O–H groups in total. The number of aromatic nitrogens is 3. The van der Waals surface area contributed by atoms with Gasteiger partial charge in [-0.05, 0) is 24.0 Å². The maximum atomic E-state index is 12.2. The molecule has 0 bridgehead atoms. The fraction of sp³-hybridized carbons (Fsp3) is 0.308. The summed E-state index contributed by atoms with van der Waals surface area (Å²) in [4.78, 5) is 50.6. The second kappa shape index (κ2) is 15.2. The lowest BCUT2D eigenvalue weighted by Gasteiger charge is -2.07. The number of hydrogen-bond acceptors (Lipinski definition) is 8. The van der Waals surface area contributed by atoms with Gasteiger partial charge in [-0.3, -0.25) is 24.2 Å². The molecule has 0 saturated carbocycles. The van der Waals surface area contributed by atoms with Gasteiger partial charge in [0, 0.05) is 19.5 Å². The zero-order chi connectivity index (χ0) is 26.3. The number of carbonyl (C=O) groups excluding carboxylic acids is 3. The number of hydrogen-bond donors (Lipinski definition) is 3. The minimum atomic E-state index is -0.620. The van der Waals surface area contributed by atoms with Gasteiger partial charge < -0.3 is 15.4 Å². The molecule has 0 atom stereocenters. The van der Waals surface area contributed by atoms with Gasteiger partial charge in [0.1, 0.15) is 5.69 Å².